The number of fused-ring (bicyclic) bond motifs is 1. The molecule has 2 heterocycles. The van der Waals surface area contributed by atoms with E-state index < -0.39 is 11.7 Å². The van der Waals surface area contributed by atoms with Crippen molar-refractivity contribution in [2.45, 2.75) is 13.1 Å². The standard InChI is InChI=1S/C25H15Cl2F3N4/c1-14-21-23(34(33-14)20-12-18(26)11-19(27)13-20)22(15-7-9-17(10-8-15)25(28,29)30)32-24(31-21)16-5-3-2-4-6-16/h2-13H,1H3. The minimum Gasteiger partial charge on any atom is -0.229 e. The molecule has 0 radical (unpaired) electrons. The molecule has 5 aromatic rings. The Morgan fingerprint density at radius 1 is 0.794 bits per heavy atom. The van der Waals surface area contributed by atoms with E-state index in [9.17, 15) is 13.2 Å². The molecule has 0 fully saturated rings. The van der Waals surface area contributed by atoms with E-state index in [1.165, 1.54) is 12.1 Å². The van der Waals surface area contributed by atoms with Gasteiger partial charge >= 0.3 is 6.18 Å². The average molecular weight is 499 g/mol. The number of hydrogen-bond acceptors (Lipinski definition) is 3. The van der Waals surface area contributed by atoms with Gasteiger partial charge in [0.2, 0.25) is 0 Å². The van der Waals surface area contributed by atoms with Crippen LogP contribution in [0.25, 0.3) is 39.4 Å². The highest BCUT2D eigenvalue weighted by Gasteiger charge is 2.30. The quantitative estimate of drug-likeness (QED) is 0.255. The highest BCUT2D eigenvalue weighted by molar-refractivity contribution is 6.34. The van der Waals surface area contributed by atoms with E-state index in [0.717, 1.165) is 17.7 Å². The number of aryl methyl sites for hydroxylation is 1. The fourth-order valence-electron chi connectivity index (χ4n) is 3.74. The van der Waals surface area contributed by atoms with Gasteiger partial charge in [0.1, 0.15) is 16.7 Å². The summed E-state index contributed by atoms with van der Waals surface area (Å²) in [5.74, 6) is 0.440. The van der Waals surface area contributed by atoms with Crippen molar-refractivity contribution in [3.8, 4) is 28.3 Å². The molecule has 3 aromatic carbocycles. The van der Waals surface area contributed by atoms with E-state index in [2.05, 4.69) is 5.10 Å². The Kier molecular flexibility index (Phi) is 5.54. The zero-order valence-corrected chi connectivity index (χ0v) is 19.1. The molecule has 5 rings (SSSR count). The van der Waals surface area contributed by atoms with Crippen LogP contribution in [0.4, 0.5) is 13.2 Å². The summed E-state index contributed by atoms with van der Waals surface area (Å²) in [6.07, 6.45) is -4.44. The largest absolute Gasteiger partial charge is 0.416 e. The lowest BCUT2D eigenvalue weighted by Gasteiger charge is -2.12. The van der Waals surface area contributed by atoms with Gasteiger partial charge in [0.05, 0.1) is 16.9 Å². The third kappa shape index (κ3) is 4.13. The lowest BCUT2D eigenvalue weighted by atomic mass is 10.1. The summed E-state index contributed by atoms with van der Waals surface area (Å²) in [4.78, 5) is 9.50. The molecule has 0 saturated carbocycles. The number of rotatable bonds is 3. The van der Waals surface area contributed by atoms with Gasteiger partial charge in [0, 0.05) is 21.2 Å². The predicted octanol–water partition coefficient (Wildman–Crippen LogP) is 7.78. The summed E-state index contributed by atoms with van der Waals surface area (Å²) in [7, 11) is 0. The normalized spacial score (nSPS) is 11.8. The van der Waals surface area contributed by atoms with Crippen molar-refractivity contribution in [3.63, 3.8) is 0 Å². The molecule has 0 aliphatic heterocycles. The highest BCUT2D eigenvalue weighted by atomic mass is 35.5. The first-order valence-electron chi connectivity index (χ1n) is 10.2. The van der Waals surface area contributed by atoms with Crippen LogP contribution in [-0.4, -0.2) is 19.7 Å². The Morgan fingerprint density at radius 3 is 2.06 bits per heavy atom. The van der Waals surface area contributed by atoms with Crippen molar-refractivity contribution in [1.82, 2.24) is 19.7 Å². The molecular formula is C25H15Cl2F3N4. The first-order valence-corrected chi connectivity index (χ1v) is 10.9. The minimum atomic E-state index is -4.44. The van der Waals surface area contributed by atoms with Crippen LogP contribution in [0.15, 0.2) is 72.8 Å². The van der Waals surface area contributed by atoms with Crippen molar-refractivity contribution < 1.29 is 13.2 Å². The lowest BCUT2D eigenvalue weighted by molar-refractivity contribution is -0.137. The molecule has 0 saturated heterocycles. The molecule has 170 valence electrons. The second kappa shape index (κ2) is 8.42. The minimum absolute atomic E-state index is 0.418. The van der Waals surface area contributed by atoms with Gasteiger partial charge in [-0.05, 0) is 37.3 Å². The van der Waals surface area contributed by atoms with E-state index in [1.807, 2.05) is 37.3 Å². The Labute approximate surface area is 202 Å². The molecular weight excluding hydrogens is 484 g/mol. The van der Waals surface area contributed by atoms with E-state index in [4.69, 9.17) is 33.2 Å². The van der Waals surface area contributed by atoms with Gasteiger partial charge in [-0.3, -0.25) is 0 Å². The monoisotopic (exact) mass is 498 g/mol. The Hall–Kier alpha value is -3.42. The Bertz CT molecular complexity index is 1490. The van der Waals surface area contributed by atoms with Crippen molar-refractivity contribution >= 4 is 34.2 Å². The molecule has 0 N–H and O–H groups in total. The first kappa shape index (κ1) is 22.4. The molecule has 0 spiro atoms. The number of halogens is 5. The number of benzene rings is 3. The number of hydrogen-bond donors (Lipinski definition) is 0. The van der Waals surface area contributed by atoms with Gasteiger partial charge < -0.3 is 0 Å². The van der Waals surface area contributed by atoms with Crippen LogP contribution in [0, 0.1) is 6.92 Å². The molecule has 2 aromatic heterocycles. The third-order valence-corrected chi connectivity index (χ3v) is 5.73. The summed E-state index contributed by atoms with van der Waals surface area (Å²) in [5, 5.41) is 5.47. The fourth-order valence-corrected chi connectivity index (χ4v) is 4.25. The zero-order valence-electron chi connectivity index (χ0n) is 17.6. The summed E-state index contributed by atoms with van der Waals surface area (Å²) < 4.78 is 41.1. The Balaban J connectivity index is 1.82. The van der Waals surface area contributed by atoms with Gasteiger partial charge in [-0.2, -0.15) is 18.3 Å². The van der Waals surface area contributed by atoms with Gasteiger partial charge in [0.15, 0.2) is 5.82 Å². The molecule has 0 bridgehead atoms. The maximum atomic E-state index is 13.2. The summed E-state index contributed by atoms with van der Waals surface area (Å²) in [6, 6.07) is 19.2. The smallest absolute Gasteiger partial charge is 0.229 e. The Morgan fingerprint density at radius 2 is 1.44 bits per heavy atom. The predicted molar refractivity (Wildman–Crippen MR) is 127 cm³/mol. The van der Waals surface area contributed by atoms with Gasteiger partial charge in [-0.1, -0.05) is 65.7 Å². The van der Waals surface area contributed by atoms with Crippen LogP contribution in [0.5, 0.6) is 0 Å². The van der Waals surface area contributed by atoms with Gasteiger partial charge in [-0.15, -0.1) is 0 Å². The van der Waals surface area contributed by atoms with Gasteiger partial charge in [0.25, 0.3) is 0 Å². The third-order valence-electron chi connectivity index (χ3n) is 5.30. The van der Waals surface area contributed by atoms with Crippen LogP contribution < -0.4 is 0 Å². The van der Waals surface area contributed by atoms with Crippen molar-refractivity contribution in [1.29, 1.82) is 0 Å². The maximum absolute atomic E-state index is 13.2. The first-order chi connectivity index (χ1) is 16.2. The second-order valence-corrected chi connectivity index (χ2v) is 8.53. The molecule has 34 heavy (non-hydrogen) atoms. The van der Waals surface area contributed by atoms with Crippen LogP contribution >= 0.6 is 23.2 Å². The molecule has 0 unspecified atom stereocenters. The highest BCUT2D eigenvalue weighted by Crippen LogP contribution is 2.35. The SMILES string of the molecule is Cc1nn(-c2cc(Cl)cc(Cl)c2)c2c(-c3ccc(C(F)(F)F)cc3)nc(-c3ccccc3)nc12. The number of alkyl halides is 3. The molecule has 9 heteroatoms. The van der Waals surface area contributed by atoms with Gasteiger partial charge in [-0.25, -0.2) is 14.6 Å². The number of nitrogens with zero attached hydrogens (tertiary/aromatic N) is 4. The second-order valence-electron chi connectivity index (χ2n) is 7.66. The topological polar surface area (TPSA) is 43.6 Å². The van der Waals surface area contributed by atoms with Crippen LogP contribution in [0.2, 0.25) is 10.0 Å². The molecule has 0 aliphatic rings. The van der Waals surface area contributed by atoms with E-state index >= 15 is 0 Å². The van der Waals surface area contributed by atoms with E-state index in [1.54, 1.807) is 22.9 Å². The average Bonchev–Trinajstić information content (AvgIpc) is 3.14. The number of aromatic nitrogens is 4. The van der Waals surface area contributed by atoms with Crippen molar-refractivity contribution in [3.05, 3.63) is 94.1 Å². The van der Waals surface area contributed by atoms with E-state index in [-0.39, 0.29) is 0 Å². The van der Waals surface area contributed by atoms with Crippen molar-refractivity contribution in [2.24, 2.45) is 0 Å². The van der Waals surface area contributed by atoms with Crippen LogP contribution in [-0.2, 0) is 6.18 Å². The van der Waals surface area contributed by atoms with E-state index in [0.29, 0.717) is 49.5 Å². The maximum Gasteiger partial charge on any atom is 0.416 e. The summed E-state index contributed by atoms with van der Waals surface area (Å²) in [6.45, 7) is 1.81. The lowest BCUT2D eigenvalue weighted by Crippen LogP contribution is -2.05. The molecule has 4 nitrogen and oxygen atoms in total. The van der Waals surface area contributed by atoms with Crippen LogP contribution in [0.3, 0.4) is 0 Å². The molecule has 0 amide bonds. The van der Waals surface area contributed by atoms with Crippen LogP contribution in [0.1, 0.15) is 11.3 Å². The fraction of sp³-hybridized carbons (Fsp3) is 0.0800. The van der Waals surface area contributed by atoms with Crippen molar-refractivity contribution in [2.75, 3.05) is 0 Å². The molecule has 0 aliphatic carbocycles. The summed E-state index contributed by atoms with van der Waals surface area (Å²) in [5.41, 5.74) is 3.28. The molecule has 0 atom stereocenters. The summed E-state index contributed by atoms with van der Waals surface area (Å²) >= 11 is 12.4. The zero-order chi connectivity index (χ0) is 24.0.